The fourth-order valence-electron chi connectivity index (χ4n) is 2.62. The molecule has 126 valence electrons. The molecule has 0 aliphatic heterocycles. The van der Waals surface area contributed by atoms with E-state index in [-0.39, 0.29) is 11.6 Å². The van der Waals surface area contributed by atoms with Gasteiger partial charge in [-0.05, 0) is 42.7 Å². The summed E-state index contributed by atoms with van der Waals surface area (Å²) in [6, 6.07) is 8.33. The van der Waals surface area contributed by atoms with E-state index in [0.29, 0.717) is 12.5 Å². The van der Waals surface area contributed by atoms with Gasteiger partial charge in [-0.25, -0.2) is 9.78 Å². The maximum atomic E-state index is 12.5. The summed E-state index contributed by atoms with van der Waals surface area (Å²) in [5, 5.41) is 13.5. The number of rotatable bonds is 7. The van der Waals surface area contributed by atoms with Crippen molar-refractivity contribution >= 4 is 22.6 Å². The van der Waals surface area contributed by atoms with Gasteiger partial charge in [-0.2, -0.15) is 0 Å². The molecule has 1 aromatic carbocycles. The number of hydrogen-bond donors (Lipinski definition) is 2. The number of benzene rings is 1. The van der Waals surface area contributed by atoms with Crippen molar-refractivity contribution in [3.05, 3.63) is 36.0 Å². The molecule has 6 heteroatoms. The second kappa shape index (κ2) is 6.86. The number of hydrogen-bond acceptors (Lipinski definition) is 4. The Morgan fingerprint density at radius 2 is 2.12 bits per heavy atom. The van der Waals surface area contributed by atoms with Crippen molar-refractivity contribution in [3.63, 3.8) is 0 Å². The molecule has 0 saturated heterocycles. The van der Waals surface area contributed by atoms with Crippen LogP contribution in [0.15, 0.2) is 30.3 Å². The largest absolute Gasteiger partial charge is 0.480 e. The number of aliphatic carboxylic acids is 1. The molecule has 1 aliphatic rings. The second-order valence-electron chi connectivity index (χ2n) is 6.01. The number of carboxylic acid groups (broad SMARTS) is 1. The van der Waals surface area contributed by atoms with Crippen molar-refractivity contribution in [2.45, 2.75) is 32.2 Å². The molecule has 1 fully saturated rings. The van der Waals surface area contributed by atoms with Gasteiger partial charge < -0.3 is 15.2 Å². The Balaban J connectivity index is 1.90. The third-order valence-corrected chi connectivity index (χ3v) is 4.03. The Bertz CT molecular complexity index is 771. The van der Waals surface area contributed by atoms with E-state index in [1.54, 1.807) is 6.07 Å². The molecule has 1 aliphatic carbocycles. The minimum absolute atomic E-state index is 0.0164. The van der Waals surface area contributed by atoms with Gasteiger partial charge >= 0.3 is 5.97 Å². The van der Waals surface area contributed by atoms with Crippen molar-refractivity contribution < 1.29 is 19.4 Å². The first-order chi connectivity index (χ1) is 11.6. The Morgan fingerprint density at radius 3 is 2.79 bits per heavy atom. The van der Waals surface area contributed by atoms with E-state index in [1.165, 1.54) is 0 Å². The molecule has 1 amide bonds. The molecule has 0 unspecified atom stereocenters. The second-order valence-corrected chi connectivity index (χ2v) is 6.01. The number of aromatic nitrogens is 1. The van der Waals surface area contributed by atoms with Crippen LogP contribution in [0.25, 0.3) is 10.8 Å². The predicted molar refractivity (Wildman–Crippen MR) is 89.1 cm³/mol. The van der Waals surface area contributed by atoms with Crippen molar-refractivity contribution in [1.82, 2.24) is 10.3 Å². The Morgan fingerprint density at radius 1 is 1.38 bits per heavy atom. The van der Waals surface area contributed by atoms with Gasteiger partial charge in [0.15, 0.2) is 0 Å². The molecular formula is C18H20N2O4. The minimum atomic E-state index is -1.01. The maximum Gasteiger partial charge on any atom is 0.326 e. The van der Waals surface area contributed by atoms with Crippen LogP contribution in [-0.4, -0.2) is 34.6 Å². The van der Waals surface area contributed by atoms with Crippen LogP contribution in [-0.2, 0) is 4.79 Å². The molecule has 6 nitrogen and oxygen atoms in total. The highest BCUT2D eigenvalue weighted by molar-refractivity contribution is 5.99. The lowest BCUT2D eigenvalue weighted by molar-refractivity contribution is -0.139. The zero-order valence-corrected chi connectivity index (χ0v) is 13.5. The van der Waals surface area contributed by atoms with E-state index in [9.17, 15) is 14.7 Å². The van der Waals surface area contributed by atoms with Crippen molar-refractivity contribution in [2.24, 2.45) is 5.92 Å². The van der Waals surface area contributed by atoms with Gasteiger partial charge in [0.2, 0.25) is 5.88 Å². The molecule has 3 rings (SSSR count). The molecule has 0 spiro atoms. The van der Waals surface area contributed by atoms with Gasteiger partial charge in [0.1, 0.15) is 11.7 Å². The van der Waals surface area contributed by atoms with Crippen LogP contribution in [0.5, 0.6) is 5.88 Å². The summed E-state index contributed by atoms with van der Waals surface area (Å²) in [5.41, 5.74) is 0.173. The number of nitrogens with one attached hydrogen (secondary N) is 1. The Hall–Kier alpha value is -2.63. The molecule has 1 saturated carbocycles. The van der Waals surface area contributed by atoms with Crippen LogP contribution in [0, 0.1) is 5.92 Å². The molecular weight excluding hydrogens is 308 g/mol. The smallest absolute Gasteiger partial charge is 0.326 e. The maximum absolute atomic E-state index is 12.5. The predicted octanol–water partition coefficient (Wildman–Crippen LogP) is 2.62. The molecule has 1 atom stereocenters. The first-order valence-corrected chi connectivity index (χ1v) is 8.16. The minimum Gasteiger partial charge on any atom is -0.480 e. The van der Waals surface area contributed by atoms with Crippen LogP contribution >= 0.6 is 0 Å². The fraction of sp³-hybridized carbons (Fsp3) is 0.389. The highest BCUT2D eigenvalue weighted by Gasteiger charge is 2.37. The molecule has 0 radical (unpaired) electrons. The Labute approximate surface area is 139 Å². The summed E-state index contributed by atoms with van der Waals surface area (Å²) < 4.78 is 5.66. The van der Waals surface area contributed by atoms with E-state index in [1.807, 2.05) is 31.2 Å². The summed E-state index contributed by atoms with van der Waals surface area (Å²) in [5.74, 6) is -1.07. The number of fused-ring (bicyclic) bond motifs is 1. The van der Waals surface area contributed by atoms with Gasteiger partial charge in [0.05, 0.1) is 6.61 Å². The van der Waals surface area contributed by atoms with Gasteiger partial charge in [0, 0.05) is 5.39 Å². The number of carboxylic acids is 1. The number of carbonyl (C=O) groups is 2. The molecule has 1 heterocycles. The van der Waals surface area contributed by atoms with E-state index >= 15 is 0 Å². The molecule has 2 aromatic rings. The van der Waals surface area contributed by atoms with Gasteiger partial charge in [-0.1, -0.05) is 25.1 Å². The van der Waals surface area contributed by atoms with Crippen LogP contribution < -0.4 is 10.1 Å². The monoisotopic (exact) mass is 328 g/mol. The summed E-state index contributed by atoms with van der Waals surface area (Å²) in [7, 11) is 0. The van der Waals surface area contributed by atoms with Crippen molar-refractivity contribution in [1.29, 1.82) is 0 Å². The summed E-state index contributed by atoms with van der Waals surface area (Å²) >= 11 is 0. The number of ether oxygens (including phenoxy) is 1. The van der Waals surface area contributed by atoms with E-state index < -0.39 is 17.9 Å². The van der Waals surface area contributed by atoms with Gasteiger partial charge in [-0.3, -0.25) is 4.79 Å². The lowest BCUT2D eigenvalue weighted by Gasteiger charge is -2.14. The van der Waals surface area contributed by atoms with Crippen LogP contribution in [0.4, 0.5) is 0 Å². The fourth-order valence-corrected chi connectivity index (χ4v) is 2.62. The Kier molecular flexibility index (Phi) is 4.64. The third-order valence-electron chi connectivity index (χ3n) is 4.03. The highest BCUT2D eigenvalue weighted by Crippen LogP contribution is 2.33. The van der Waals surface area contributed by atoms with Gasteiger partial charge in [-0.15, -0.1) is 0 Å². The van der Waals surface area contributed by atoms with Crippen molar-refractivity contribution in [2.75, 3.05) is 6.61 Å². The number of pyridine rings is 1. The summed E-state index contributed by atoms with van der Waals surface area (Å²) in [6.07, 6.45) is 2.48. The topological polar surface area (TPSA) is 88.5 Å². The zero-order chi connectivity index (χ0) is 17.1. The van der Waals surface area contributed by atoms with E-state index in [2.05, 4.69) is 10.3 Å². The normalized spacial score (nSPS) is 15.0. The number of nitrogens with zero attached hydrogens (tertiary/aromatic N) is 1. The summed E-state index contributed by atoms with van der Waals surface area (Å²) in [6.45, 7) is 2.49. The van der Waals surface area contributed by atoms with E-state index in [4.69, 9.17) is 4.74 Å². The number of amides is 1. The van der Waals surface area contributed by atoms with Crippen LogP contribution in [0.2, 0.25) is 0 Å². The summed E-state index contributed by atoms with van der Waals surface area (Å²) in [4.78, 5) is 28.1. The van der Waals surface area contributed by atoms with E-state index in [0.717, 1.165) is 30.0 Å². The molecule has 0 bridgehead atoms. The van der Waals surface area contributed by atoms with Crippen LogP contribution in [0.1, 0.15) is 36.7 Å². The van der Waals surface area contributed by atoms with Crippen LogP contribution in [0.3, 0.4) is 0 Å². The molecule has 1 aromatic heterocycles. The van der Waals surface area contributed by atoms with Crippen molar-refractivity contribution in [3.8, 4) is 5.88 Å². The first kappa shape index (κ1) is 16.2. The number of carbonyl (C=O) groups excluding carboxylic acids is 1. The molecule has 2 N–H and O–H groups in total. The average Bonchev–Trinajstić information content (AvgIpc) is 3.41. The van der Waals surface area contributed by atoms with Gasteiger partial charge in [0.25, 0.3) is 5.91 Å². The average molecular weight is 328 g/mol. The lowest BCUT2D eigenvalue weighted by Crippen LogP contribution is -2.42. The third kappa shape index (κ3) is 3.48. The lowest BCUT2D eigenvalue weighted by atomic mass is 10.1. The quantitative estimate of drug-likeness (QED) is 0.815. The first-order valence-electron chi connectivity index (χ1n) is 8.16. The standard InChI is InChI=1S/C18H20N2O4/c1-2-9-24-17-13-6-4-3-5-12(13)10-14(19-17)16(21)20-15(18(22)23)11-7-8-11/h3-6,10-11,15H,2,7-9H2,1H3,(H,20,21)(H,22,23)/t15-/m0/s1. The highest BCUT2D eigenvalue weighted by atomic mass is 16.5. The SMILES string of the molecule is CCCOc1nc(C(=O)N[C@H](C(=O)O)C2CC2)cc2ccccc12. The zero-order valence-electron chi connectivity index (χ0n) is 13.5. The molecule has 24 heavy (non-hydrogen) atoms.